The molecule has 0 saturated carbocycles. The molecule has 0 aliphatic heterocycles. The van der Waals surface area contributed by atoms with Crippen LogP contribution in [0.1, 0.15) is 396 Å². The quantitative estimate of drug-likeness (QED) is 0.0222. The number of esters is 4. The third-order valence-corrected chi connectivity index (χ3v) is 21.1. The summed E-state index contributed by atoms with van der Waals surface area (Å²) in [5, 5.41) is 10.6. The molecule has 5 unspecified atom stereocenters. The maximum atomic E-state index is 13.1. The molecule has 97 heavy (non-hydrogen) atoms. The van der Waals surface area contributed by atoms with Crippen LogP contribution in [-0.4, -0.2) is 96.7 Å². The first-order valence-electron chi connectivity index (χ1n) is 40.3. The van der Waals surface area contributed by atoms with Gasteiger partial charge in [0.25, 0.3) is 0 Å². The van der Waals surface area contributed by atoms with Crippen LogP contribution in [0.25, 0.3) is 0 Å². The molecule has 0 saturated heterocycles. The molecule has 0 aromatic heterocycles. The van der Waals surface area contributed by atoms with Gasteiger partial charge >= 0.3 is 39.5 Å². The molecular formula is C78H152O17P2. The van der Waals surface area contributed by atoms with Gasteiger partial charge in [-0.15, -0.1) is 0 Å². The summed E-state index contributed by atoms with van der Waals surface area (Å²) in [6.45, 7) is 14.3. The second kappa shape index (κ2) is 67.2. The Hall–Kier alpha value is -1.94. The molecule has 0 spiro atoms. The normalized spacial score (nSPS) is 14.9. The van der Waals surface area contributed by atoms with Gasteiger partial charge in [0.15, 0.2) is 12.2 Å². The van der Waals surface area contributed by atoms with E-state index < -0.39 is 97.5 Å². The predicted molar refractivity (Wildman–Crippen MR) is 395 cm³/mol. The van der Waals surface area contributed by atoms with Gasteiger partial charge in [0.2, 0.25) is 0 Å². The van der Waals surface area contributed by atoms with Crippen molar-refractivity contribution >= 4 is 39.5 Å². The highest BCUT2D eigenvalue weighted by atomic mass is 31.2. The molecular weight excluding hydrogens is 1270 g/mol. The predicted octanol–water partition coefficient (Wildman–Crippen LogP) is 22.8. The molecule has 0 aromatic rings. The first kappa shape index (κ1) is 95.1. The average Bonchev–Trinajstić information content (AvgIpc) is 1.38. The van der Waals surface area contributed by atoms with Gasteiger partial charge in [-0.05, 0) is 49.4 Å². The van der Waals surface area contributed by atoms with Gasteiger partial charge in [-0.25, -0.2) is 9.13 Å². The molecule has 0 heterocycles. The van der Waals surface area contributed by atoms with Crippen molar-refractivity contribution in [1.82, 2.24) is 0 Å². The second-order valence-corrected chi connectivity index (χ2v) is 32.2. The third kappa shape index (κ3) is 68.3. The van der Waals surface area contributed by atoms with E-state index in [-0.39, 0.29) is 25.7 Å². The van der Waals surface area contributed by atoms with Crippen molar-refractivity contribution in [2.24, 2.45) is 23.7 Å². The maximum Gasteiger partial charge on any atom is 0.472 e. The minimum Gasteiger partial charge on any atom is -0.462 e. The lowest BCUT2D eigenvalue weighted by molar-refractivity contribution is -0.161. The number of hydrogen-bond acceptors (Lipinski definition) is 15. The first-order valence-corrected chi connectivity index (χ1v) is 43.3. The van der Waals surface area contributed by atoms with Crippen LogP contribution in [-0.2, 0) is 65.4 Å². The van der Waals surface area contributed by atoms with Gasteiger partial charge < -0.3 is 33.8 Å². The maximum absolute atomic E-state index is 13.1. The molecule has 17 nitrogen and oxygen atoms in total. The highest BCUT2D eigenvalue weighted by Gasteiger charge is 2.30. The van der Waals surface area contributed by atoms with E-state index in [2.05, 4.69) is 55.4 Å². The zero-order valence-corrected chi connectivity index (χ0v) is 65.5. The first-order chi connectivity index (χ1) is 46.7. The molecule has 8 atom stereocenters. The van der Waals surface area contributed by atoms with Crippen molar-refractivity contribution in [2.75, 3.05) is 39.6 Å². The van der Waals surface area contributed by atoms with Crippen LogP contribution in [0.2, 0.25) is 0 Å². The van der Waals surface area contributed by atoms with Gasteiger partial charge in [-0.3, -0.25) is 37.3 Å². The highest BCUT2D eigenvalue weighted by molar-refractivity contribution is 7.47. The van der Waals surface area contributed by atoms with Crippen LogP contribution in [0.4, 0.5) is 0 Å². The summed E-state index contributed by atoms with van der Waals surface area (Å²) in [6, 6.07) is 0. The lowest BCUT2D eigenvalue weighted by Crippen LogP contribution is -2.30. The summed E-state index contributed by atoms with van der Waals surface area (Å²) in [4.78, 5) is 72.9. The van der Waals surface area contributed by atoms with E-state index in [1.54, 1.807) is 0 Å². The van der Waals surface area contributed by atoms with Gasteiger partial charge in [0.05, 0.1) is 26.4 Å². The van der Waals surface area contributed by atoms with Crippen LogP contribution in [0.3, 0.4) is 0 Å². The average molecular weight is 1420 g/mol. The van der Waals surface area contributed by atoms with Crippen LogP contribution in [0.15, 0.2) is 0 Å². The standard InChI is InChI=1S/C78H152O17P2/c1-9-69(6)55-47-39-31-25-21-17-13-15-19-23-27-35-45-53-60-77(82)94-73(64-88-75(80)58-50-42-33-29-28-32-40-48-56-70(7)10-2)66-92-96(84,85)90-62-72(79)63-91-97(86,87)93-67-74(65-89-76(81)59-51-43-37-36-41-49-57-71(8)11-3)95-78(83)61-52-44-34-26-22-18-14-12-16-20-24-30-38-46-54-68(4)5/h68-74,79H,9-67H2,1-8H3,(H,84,85)(H,86,87)/t69?,70?,71?,72-,73-,74-/m1/s1. The van der Waals surface area contributed by atoms with Crippen molar-refractivity contribution < 1.29 is 80.2 Å². The molecule has 3 N–H and O–H groups in total. The van der Waals surface area contributed by atoms with Crippen LogP contribution >= 0.6 is 15.6 Å². The number of phosphoric acid groups is 2. The Labute approximate surface area is 594 Å². The number of carbonyl (C=O) groups excluding carboxylic acids is 4. The highest BCUT2D eigenvalue weighted by Crippen LogP contribution is 2.45. The van der Waals surface area contributed by atoms with Crippen LogP contribution in [0, 0.1) is 23.7 Å². The van der Waals surface area contributed by atoms with Gasteiger partial charge in [0.1, 0.15) is 19.3 Å². The van der Waals surface area contributed by atoms with E-state index in [1.807, 2.05) is 0 Å². The number of ether oxygens (including phenoxy) is 4. The Morgan fingerprint density at radius 3 is 0.732 bits per heavy atom. The zero-order chi connectivity index (χ0) is 71.7. The fourth-order valence-electron chi connectivity index (χ4n) is 11.8. The van der Waals surface area contributed by atoms with Crippen molar-refractivity contribution in [3.8, 4) is 0 Å². The monoisotopic (exact) mass is 1420 g/mol. The number of carbonyl (C=O) groups is 4. The van der Waals surface area contributed by atoms with E-state index in [4.69, 9.17) is 37.0 Å². The van der Waals surface area contributed by atoms with E-state index >= 15 is 0 Å². The van der Waals surface area contributed by atoms with Crippen LogP contribution < -0.4 is 0 Å². The Kier molecular flexibility index (Phi) is 65.9. The smallest absolute Gasteiger partial charge is 0.462 e. The van der Waals surface area contributed by atoms with Crippen LogP contribution in [0.5, 0.6) is 0 Å². The number of unbranched alkanes of at least 4 members (excludes halogenated alkanes) is 38. The summed E-state index contributed by atoms with van der Waals surface area (Å²) < 4.78 is 68.6. The number of hydrogen-bond donors (Lipinski definition) is 3. The molecule has 0 fully saturated rings. The number of rotatable bonds is 75. The molecule has 0 bridgehead atoms. The fourth-order valence-corrected chi connectivity index (χ4v) is 13.4. The molecule has 0 amide bonds. The summed E-state index contributed by atoms with van der Waals surface area (Å²) in [6.07, 6.45) is 52.6. The minimum absolute atomic E-state index is 0.106. The van der Waals surface area contributed by atoms with Crippen molar-refractivity contribution in [3.63, 3.8) is 0 Å². The summed E-state index contributed by atoms with van der Waals surface area (Å²) in [5.41, 5.74) is 0. The number of phosphoric ester groups is 2. The van der Waals surface area contributed by atoms with Gasteiger partial charge in [-0.2, -0.15) is 0 Å². The van der Waals surface area contributed by atoms with Crippen molar-refractivity contribution in [3.05, 3.63) is 0 Å². The van der Waals surface area contributed by atoms with E-state index in [0.717, 1.165) is 120 Å². The Morgan fingerprint density at radius 2 is 0.495 bits per heavy atom. The van der Waals surface area contributed by atoms with Gasteiger partial charge in [-0.1, -0.05) is 344 Å². The molecule has 576 valence electrons. The SMILES string of the molecule is CCC(C)CCCCCCCCCCCCCCCCC(=O)O[C@H](COC(=O)CCCCCCCCCCC(C)CC)COP(=O)(O)OC[C@@H](O)COP(=O)(O)OC[C@@H](COC(=O)CCCCCCCCC(C)CC)OC(=O)CCCCCCCCCCCCCCCCC(C)C. The number of aliphatic hydroxyl groups excluding tert-OH is 1. The molecule has 19 heteroatoms. The fraction of sp³-hybridized carbons (Fsp3) is 0.949. The van der Waals surface area contributed by atoms with Gasteiger partial charge in [0, 0.05) is 25.7 Å². The molecule has 0 aliphatic rings. The van der Waals surface area contributed by atoms with Crippen molar-refractivity contribution in [2.45, 2.75) is 414 Å². The molecule has 0 radical (unpaired) electrons. The molecule has 0 rings (SSSR count). The van der Waals surface area contributed by atoms with E-state index in [9.17, 15) is 43.2 Å². The summed E-state index contributed by atoms with van der Waals surface area (Å²) in [7, 11) is -9.92. The largest absolute Gasteiger partial charge is 0.472 e. The minimum atomic E-state index is -4.96. The zero-order valence-electron chi connectivity index (χ0n) is 63.7. The Morgan fingerprint density at radius 1 is 0.289 bits per heavy atom. The summed E-state index contributed by atoms with van der Waals surface area (Å²) >= 11 is 0. The Balaban J connectivity index is 5.24. The van der Waals surface area contributed by atoms with E-state index in [0.29, 0.717) is 25.7 Å². The Bertz CT molecular complexity index is 1910. The molecule has 0 aromatic carbocycles. The second-order valence-electron chi connectivity index (χ2n) is 29.3. The van der Waals surface area contributed by atoms with Crippen molar-refractivity contribution in [1.29, 1.82) is 0 Å². The third-order valence-electron chi connectivity index (χ3n) is 19.2. The lowest BCUT2D eigenvalue weighted by atomic mass is 9.99. The lowest BCUT2D eigenvalue weighted by Gasteiger charge is -2.21. The summed E-state index contributed by atoms with van der Waals surface area (Å²) in [5.74, 6) is 1.03. The van der Waals surface area contributed by atoms with E-state index in [1.165, 1.54) is 193 Å². The topological polar surface area (TPSA) is 237 Å². The molecule has 0 aliphatic carbocycles. The number of aliphatic hydroxyl groups is 1.